The lowest BCUT2D eigenvalue weighted by molar-refractivity contribution is -0.115. The largest absolute Gasteiger partial charge is 0.374 e. The lowest BCUT2D eigenvalue weighted by Crippen LogP contribution is -2.20. The molecule has 72 heavy (non-hydrogen) atoms. The lowest BCUT2D eigenvalue weighted by atomic mass is 10.0. The van der Waals surface area contributed by atoms with Crippen LogP contribution in [0, 0.1) is 11.8 Å². The summed E-state index contributed by atoms with van der Waals surface area (Å²) in [6, 6.07) is 23.6. The Hall–Kier alpha value is -1.84. The van der Waals surface area contributed by atoms with E-state index in [1.54, 1.807) is 17.8 Å². The van der Waals surface area contributed by atoms with Crippen LogP contribution in [0.15, 0.2) is 115 Å². The van der Waals surface area contributed by atoms with Crippen LogP contribution in [0.25, 0.3) is 59.2 Å². The summed E-state index contributed by atoms with van der Waals surface area (Å²) in [6.07, 6.45) is 18.1. The van der Waals surface area contributed by atoms with Gasteiger partial charge in [-0.1, -0.05) is 102 Å². The van der Waals surface area contributed by atoms with Gasteiger partial charge in [0.25, 0.3) is 5.91 Å². The minimum absolute atomic E-state index is 0.0728. The Bertz CT molecular complexity index is 3070. The van der Waals surface area contributed by atoms with E-state index < -0.39 is 0 Å². The molecule has 4 nitrogen and oxygen atoms in total. The van der Waals surface area contributed by atoms with Gasteiger partial charge in [-0.25, -0.2) is 0 Å². The molecule has 0 radical (unpaired) electrons. The monoisotopic (exact) mass is 1190 g/mol. The first kappa shape index (κ1) is 54.9. The summed E-state index contributed by atoms with van der Waals surface area (Å²) in [7, 11) is 0. The molecule has 7 aromatic rings. The van der Waals surface area contributed by atoms with E-state index in [1.165, 1.54) is 140 Å². The fraction of sp³-hybridized carbons (Fsp3) is 0.345. The van der Waals surface area contributed by atoms with Crippen molar-refractivity contribution in [2.75, 3.05) is 11.5 Å². The molecule has 0 saturated carbocycles. The molecule has 17 heteroatoms. The van der Waals surface area contributed by atoms with Crippen molar-refractivity contribution in [2.45, 2.75) is 107 Å². The first-order chi connectivity index (χ1) is 35.0. The molecule has 3 N–H and O–H groups in total. The number of benzene rings is 1. The molecule has 1 amide bonds. The molecule has 8 heterocycles. The summed E-state index contributed by atoms with van der Waals surface area (Å²) < 4.78 is 2.91. The van der Waals surface area contributed by atoms with Gasteiger partial charge in [-0.2, -0.15) is 0 Å². The quantitative estimate of drug-likeness (QED) is 0.0178. The Morgan fingerprint density at radius 1 is 0.639 bits per heavy atom. The van der Waals surface area contributed by atoms with Crippen molar-refractivity contribution in [3.63, 3.8) is 0 Å². The number of thiophene rings is 6. The van der Waals surface area contributed by atoms with Gasteiger partial charge in [0.1, 0.15) is 10.7 Å². The average Bonchev–Trinajstić information content (AvgIpc) is 4.22. The van der Waals surface area contributed by atoms with Crippen molar-refractivity contribution in [3.8, 4) is 39.0 Å². The maximum Gasteiger partial charge on any atom is 0.262 e. The number of allylic oxidation sites excluding steroid dienone is 3. The number of hydrogen-bond donors (Lipinski definition) is 5. The number of rotatable bonds is 24. The number of carbonyl (C=O) groups is 1. The number of nitrogens with one attached hydrogen (secondary N) is 3. The molecule has 4 atom stereocenters. The third-order valence-corrected chi connectivity index (χ3v) is 26.3. The van der Waals surface area contributed by atoms with E-state index in [2.05, 4.69) is 165 Å². The molecular weight excluding hydrogens is 1140 g/mol. The zero-order valence-corrected chi connectivity index (χ0v) is 51.6. The Morgan fingerprint density at radius 2 is 1.07 bits per heavy atom. The zero-order chi connectivity index (χ0) is 50.3. The van der Waals surface area contributed by atoms with Gasteiger partial charge in [0.15, 0.2) is 0 Å². The maximum atomic E-state index is 12.2. The molecule has 0 aliphatic carbocycles. The number of fused-ring (bicyclic) bond motifs is 2. The molecule has 9 rings (SSSR count). The Kier molecular flexibility index (Phi) is 19.8. The third-order valence-electron chi connectivity index (χ3n) is 12.6. The highest BCUT2D eigenvalue weighted by Crippen LogP contribution is 2.55. The third kappa shape index (κ3) is 13.1. The highest BCUT2D eigenvalue weighted by molar-refractivity contribution is 8.04. The van der Waals surface area contributed by atoms with Gasteiger partial charge >= 0.3 is 0 Å². The Balaban J connectivity index is 1.05. The first-order valence-corrected chi connectivity index (χ1v) is 34.5. The predicted octanol–water partition coefficient (Wildman–Crippen LogP) is 20.7. The van der Waals surface area contributed by atoms with Gasteiger partial charge in [-0.3, -0.25) is 4.79 Å². The molecule has 0 bridgehead atoms. The van der Waals surface area contributed by atoms with Gasteiger partial charge in [0.05, 0.1) is 19.8 Å². The average molecular weight is 1190 g/mol. The fourth-order valence-corrected chi connectivity index (χ4v) is 21.6. The van der Waals surface area contributed by atoms with Crippen LogP contribution in [0.2, 0.25) is 0 Å². The van der Waals surface area contributed by atoms with Gasteiger partial charge < -0.3 is 16.0 Å². The number of hydrogen-bond acceptors (Lipinski definition) is 16. The summed E-state index contributed by atoms with van der Waals surface area (Å²) in [6.45, 7) is 11.4. The van der Waals surface area contributed by atoms with Crippen LogP contribution in [0.4, 0.5) is 0 Å². The van der Waals surface area contributed by atoms with Crippen LogP contribution in [-0.4, -0.2) is 22.9 Å². The Morgan fingerprint density at radius 3 is 1.50 bits per heavy atom. The topological polar surface area (TPSA) is 53.2 Å². The molecule has 0 fully saturated rings. The smallest absolute Gasteiger partial charge is 0.262 e. The number of amides is 1. The fourth-order valence-electron chi connectivity index (χ4n) is 8.58. The predicted molar refractivity (Wildman–Crippen MR) is 343 cm³/mol. The molecule has 2 aliphatic heterocycles. The maximum absolute atomic E-state index is 12.2. The van der Waals surface area contributed by atoms with E-state index in [4.69, 9.17) is 12.2 Å². The summed E-state index contributed by atoms with van der Waals surface area (Å²) in [4.78, 5) is 31.9. The number of thiol groups is 2. The van der Waals surface area contributed by atoms with Crippen molar-refractivity contribution < 1.29 is 4.79 Å². The Labute approximate surface area is 483 Å². The normalized spacial score (nSPS) is 17.1. The number of thioether (sulfide) groups is 4. The van der Waals surface area contributed by atoms with Crippen molar-refractivity contribution in [2.24, 2.45) is 11.8 Å². The van der Waals surface area contributed by atoms with Gasteiger partial charge in [0.2, 0.25) is 0 Å². The van der Waals surface area contributed by atoms with Crippen molar-refractivity contribution in [1.82, 2.24) is 16.0 Å². The second-order valence-electron chi connectivity index (χ2n) is 17.9. The number of thiocarbonyl (C=S) groups is 1. The molecular formula is C55H59N3OS13. The number of unbranched alkanes of at least 4 members (excludes halogenated alkanes) is 2. The van der Waals surface area contributed by atoms with Crippen LogP contribution < -0.4 is 16.0 Å². The minimum Gasteiger partial charge on any atom is -0.374 e. The van der Waals surface area contributed by atoms with E-state index in [0.29, 0.717) is 16.7 Å². The van der Waals surface area contributed by atoms with Gasteiger partial charge in [0, 0.05) is 103 Å². The molecule has 0 spiro atoms. The standard InChI is InChI=1S/C55H59N3OS13/c1-6-10-12-32(8-3)28-63-49-36-24-47(43-16-14-39(67-43)41-18-20-45(69-41)54-56-26-34(65-54)22-31(5)61)71-51(36)50(64-29-33(9-4)13-11-7-2)37-25-48(72-52(37)49)44-17-15-40(68-44)42-19-21-46(70-42)55-57-27-35(66-55)23-38(62)53(59)58-30-60/h14-27,30,32-33,54-57,61-62H,6-13,28-29H2,1-5H3,(H,58,59,60)/b31-22-,38-23-. The second kappa shape index (κ2) is 26.0. The summed E-state index contributed by atoms with van der Waals surface area (Å²) in [5, 5.41) is 12.8. The molecule has 378 valence electrons. The van der Waals surface area contributed by atoms with E-state index >= 15 is 0 Å². The highest BCUT2D eigenvalue weighted by atomic mass is 32.2. The SMILES string of the molecule is CCCCC(CC)CSc1c2cc(-c3ccc(-c4ccc(C5NC=C(/C=C(\S)C(=O)NC=S)S5)s4)s3)sc2c(SCC(CC)CCCC)c2cc(-c3ccc(-c4ccc(C5NC=C(/C=C(/C)S)S5)s4)s3)sc12. The van der Waals surface area contributed by atoms with Crippen LogP contribution in [0.1, 0.15) is 106 Å². The van der Waals surface area contributed by atoms with Crippen LogP contribution in [-0.2, 0) is 4.79 Å². The van der Waals surface area contributed by atoms with E-state index in [0.717, 1.165) is 21.3 Å². The molecule has 6 aromatic heterocycles. The van der Waals surface area contributed by atoms with Crippen molar-refractivity contribution in [1.29, 1.82) is 0 Å². The van der Waals surface area contributed by atoms with Gasteiger partial charge in [-0.05, 0) is 109 Å². The summed E-state index contributed by atoms with van der Waals surface area (Å²) >= 11 is 33.1. The second-order valence-corrected chi connectivity index (χ2v) is 30.2. The van der Waals surface area contributed by atoms with Crippen LogP contribution >= 0.6 is 153 Å². The molecule has 0 saturated heterocycles. The van der Waals surface area contributed by atoms with E-state index in [1.807, 2.05) is 92.9 Å². The van der Waals surface area contributed by atoms with E-state index in [9.17, 15) is 4.79 Å². The van der Waals surface area contributed by atoms with Gasteiger partial charge in [-0.15, -0.1) is 117 Å². The van der Waals surface area contributed by atoms with Crippen molar-refractivity contribution >= 4 is 184 Å². The minimum atomic E-state index is -0.308. The van der Waals surface area contributed by atoms with Crippen molar-refractivity contribution in [3.05, 3.63) is 115 Å². The van der Waals surface area contributed by atoms with E-state index in [-0.39, 0.29) is 16.7 Å². The highest BCUT2D eigenvalue weighted by Gasteiger charge is 2.26. The molecule has 2 aliphatic rings. The lowest BCUT2D eigenvalue weighted by Gasteiger charge is -2.17. The molecule has 4 unspecified atom stereocenters. The van der Waals surface area contributed by atoms with Crippen LogP contribution in [0.5, 0.6) is 0 Å². The summed E-state index contributed by atoms with van der Waals surface area (Å²) in [5.41, 5.74) is 1.21. The zero-order valence-electron chi connectivity index (χ0n) is 40.8. The first-order valence-electron chi connectivity index (χ1n) is 24.5. The van der Waals surface area contributed by atoms with Crippen LogP contribution in [0.3, 0.4) is 0 Å². The molecule has 1 aromatic carbocycles. The number of carbonyl (C=O) groups excluding carboxylic acids is 1. The summed E-state index contributed by atoms with van der Waals surface area (Å²) in [5.74, 6) is 3.38.